The highest BCUT2D eigenvalue weighted by Crippen LogP contribution is 2.24. The van der Waals surface area contributed by atoms with Gasteiger partial charge in [0.25, 0.3) is 5.91 Å². The minimum absolute atomic E-state index is 0.261. The number of anilines is 1. The highest BCUT2D eigenvalue weighted by atomic mass is 32.1. The van der Waals surface area contributed by atoms with Crippen molar-refractivity contribution in [3.8, 4) is 21.7 Å². The van der Waals surface area contributed by atoms with Gasteiger partial charge in [-0.05, 0) is 17.7 Å². The van der Waals surface area contributed by atoms with E-state index in [4.69, 9.17) is 0 Å². The number of carbonyl (C=O) groups is 1. The molecular weight excluding hydrogens is 342 g/mol. The average molecular weight is 357 g/mol. The lowest BCUT2D eigenvalue weighted by Gasteiger charge is -2.04. The topological polar surface area (TPSA) is 54.9 Å². The molecule has 2 heterocycles. The van der Waals surface area contributed by atoms with E-state index in [0.29, 0.717) is 11.5 Å². The van der Waals surface area contributed by atoms with E-state index in [-0.39, 0.29) is 5.91 Å². The third-order valence-corrected chi connectivity index (χ3v) is 4.76. The van der Waals surface area contributed by atoms with E-state index in [1.165, 1.54) is 11.3 Å². The number of nitrogens with one attached hydrogen (secondary N) is 1. The third kappa shape index (κ3) is 3.53. The molecule has 126 valence electrons. The monoisotopic (exact) mass is 357 g/mol. The number of hydrogen-bond acceptors (Lipinski definition) is 4. The van der Waals surface area contributed by atoms with Crippen LogP contribution < -0.4 is 5.32 Å². The Hall–Kier alpha value is -3.31. The summed E-state index contributed by atoms with van der Waals surface area (Å²) in [5.74, 6) is 0.243. The Kier molecular flexibility index (Phi) is 4.53. The number of hydrogen-bond donors (Lipinski definition) is 1. The van der Waals surface area contributed by atoms with Crippen molar-refractivity contribution in [2.75, 3.05) is 5.32 Å². The number of amides is 1. The largest absolute Gasteiger partial charge is 0.305 e. The molecule has 0 fully saturated rings. The Morgan fingerprint density at radius 1 is 0.808 bits per heavy atom. The fraction of sp³-hybridized carbons (Fsp3) is 0. The molecule has 1 amide bonds. The molecule has 0 spiro atoms. The Labute approximate surface area is 155 Å². The maximum absolute atomic E-state index is 12.4. The molecule has 0 bridgehead atoms. The minimum Gasteiger partial charge on any atom is -0.305 e. The molecule has 0 saturated carbocycles. The summed E-state index contributed by atoms with van der Waals surface area (Å²) in [6.07, 6.45) is 1.75. The molecule has 5 heteroatoms. The number of rotatable bonds is 4. The second-order valence-electron chi connectivity index (χ2n) is 5.66. The first-order chi connectivity index (χ1) is 12.8. The van der Waals surface area contributed by atoms with Crippen molar-refractivity contribution in [1.29, 1.82) is 0 Å². The van der Waals surface area contributed by atoms with E-state index >= 15 is 0 Å². The predicted octanol–water partition coefficient (Wildman–Crippen LogP) is 5.12. The van der Waals surface area contributed by atoms with E-state index in [0.717, 1.165) is 21.7 Å². The first kappa shape index (κ1) is 16.2. The first-order valence-corrected chi connectivity index (χ1v) is 9.01. The van der Waals surface area contributed by atoms with Crippen LogP contribution in [-0.4, -0.2) is 15.9 Å². The number of benzene rings is 2. The maximum Gasteiger partial charge on any atom is 0.276 e. The Morgan fingerprint density at radius 3 is 2.15 bits per heavy atom. The van der Waals surface area contributed by atoms with Gasteiger partial charge < -0.3 is 5.32 Å². The zero-order chi connectivity index (χ0) is 17.8. The van der Waals surface area contributed by atoms with Crippen molar-refractivity contribution in [2.45, 2.75) is 0 Å². The Morgan fingerprint density at radius 2 is 1.50 bits per heavy atom. The SMILES string of the molecule is O=C(Nc1ccc(-c2ccccc2)cn1)c1csc(-c2ccccc2)n1. The van der Waals surface area contributed by atoms with Gasteiger partial charge in [-0.3, -0.25) is 4.79 Å². The minimum atomic E-state index is -0.261. The summed E-state index contributed by atoms with van der Waals surface area (Å²) < 4.78 is 0. The van der Waals surface area contributed by atoms with Crippen LogP contribution in [0.15, 0.2) is 84.4 Å². The lowest BCUT2D eigenvalue weighted by molar-refractivity contribution is 0.102. The first-order valence-electron chi connectivity index (χ1n) is 8.13. The van der Waals surface area contributed by atoms with Crippen LogP contribution in [-0.2, 0) is 0 Å². The quantitative estimate of drug-likeness (QED) is 0.551. The number of nitrogens with zero attached hydrogens (tertiary/aromatic N) is 2. The summed E-state index contributed by atoms with van der Waals surface area (Å²) in [4.78, 5) is 21.2. The smallest absolute Gasteiger partial charge is 0.276 e. The molecule has 4 nitrogen and oxygen atoms in total. The van der Waals surface area contributed by atoms with E-state index in [1.54, 1.807) is 17.6 Å². The summed E-state index contributed by atoms with van der Waals surface area (Å²) in [6, 6.07) is 23.5. The molecule has 0 aliphatic carbocycles. The van der Waals surface area contributed by atoms with Crippen LogP contribution in [0.25, 0.3) is 21.7 Å². The molecule has 2 aromatic heterocycles. The van der Waals surface area contributed by atoms with E-state index in [9.17, 15) is 4.79 Å². The second-order valence-corrected chi connectivity index (χ2v) is 6.51. The molecule has 0 saturated heterocycles. The summed E-state index contributed by atoms with van der Waals surface area (Å²) in [6.45, 7) is 0. The van der Waals surface area contributed by atoms with Crippen molar-refractivity contribution >= 4 is 23.1 Å². The van der Waals surface area contributed by atoms with Crippen LogP contribution in [0.3, 0.4) is 0 Å². The lowest BCUT2D eigenvalue weighted by atomic mass is 10.1. The van der Waals surface area contributed by atoms with E-state index in [1.807, 2.05) is 66.7 Å². The van der Waals surface area contributed by atoms with E-state index in [2.05, 4.69) is 15.3 Å². The summed E-state index contributed by atoms with van der Waals surface area (Å²) in [5, 5.41) is 5.38. The van der Waals surface area contributed by atoms with Crippen molar-refractivity contribution in [3.63, 3.8) is 0 Å². The van der Waals surface area contributed by atoms with Gasteiger partial charge >= 0.3 is 0 Å². The molecule has 0 aliphatic rings. The van der Waals surface area contributed by atoms with Gasteiger partial charge in [0.05, 0.1) is 0 Å². The standard InChI is InChI=1S/C21H15N3OS/c25-20(18-14-26-21(23-18)16-9-5-2-6-10-16)24-19-12-11-17(13-22-19)15-7-3-1-4-8-15/h1-14H,(H,22,24,25). The fourth-order valence-corrected chi connectivity index (χ4v) is 3.35. The molecule has 26 heavy (non-hydrogen) atoms. The molecule has 4 rings (SSSR count). The predicted molar refractivity (Wildman–Crippen MR) is 105 cm³/mol. The van der Waals surface area contributed by atoms with Crippen LogP contribution in [0.1, 0.15) is 10.5 Å². The summed E-state index contributed by atoms with van der Waals surface area (Å²) >= 11 is 1.45. The molecule has 1 N–H and O–H groups in total. The van der Waals surface area contributed by atoms with Crippen LogP contribution in [0.2, 0.25) is 0 Å². The second kappa shape index (κ2) is 7.29. The molecule has 0 radical (unpaired) electrons. The van der Waals surface area contributed by atoms with Crippen molar-refractivity contribution in [2.24, 2.45) is 0 Å². The highest BCUT2D eigenvalue weighted by Gasteiger charge is 2.12. The van der Waals surface area contributed by atoms with Gasteiger partial charge in [-0.2, -0.15) is 0 Å². The molecule has 0 unspecified atom stereocenters. The number of carbonyl (C=O) groups excluding carboxylic acids is 1. The lowest BCUT2D eigenvalue weighted by Crippen LogP contribution is -2.13. The maximum atomic E-state index is 12.4. The zero-order valence-corrected chi connectivity index (χ0v) is 14.6. The Balaban J connectivity index is 1.48. The number of thiazole rings is 1. The number of pyridine rings is 1. The van der Waals surface area contributed by atoms with Crippen molar-refractivity contribution < 1.29 is 4.79 Å². The normalized spacial score (nSPS) is 10.5. The molecular formula is C21H15N3OS. The zero-order valence-electron chi connectivity index (χ0n) is 13.8. The van der Waals surface area contributed by atoms with Crippen LogP contribution in [0.5, 0.6) is 0 Å². The number of aromatic nitrogens is 2. The van der Waals surface area contributed by atoms with Gasteiger partial charge in [-0.15, -0.1) is 11.3 Å². The molecule has 4 aromatic rings. The van der Waals surface area contributed by atoms with Crippen molar-refractivity contribution in [1.82, 2.24) is 9.97 Å². The fourth-order valence-electron chi connectivity index (χ4n) is 2.54. The van der Waals surface area contributed by atoms with Crippen molar-refractivity contribution in [3.05, 3.63) is 90.1 Å². The van der Waals surface area contributed by atoms with Gasteiger partial charge in [0.2, 0.25) is 0 Å². The van der Waals surface area contributed by atoms with Gasteiger partial charge in [-0.1, -0.05) is 60.7 Å². The van der Waals surface area contributed by atoms with Crippen LogP contribution in [0.4, 0.5) is 5.82 Å². The van der Waals surface area contributed by atoms with Gasteiger partial charge in [0, 0.05) is 22.7 Å². The van der Waals surface area contributed by atoms with E-state index < -0.39 is 0 Å². The average Bonchev–Trinajstić information content (AvgIpc) is 3.20. The van der Waals surface area contributed by atoms with Gasteiger partial charge in [0.15, 0.2) is 0 Å². The molecule has 0 aliphatic heterocycles. The molecule has 0 atom stereocenters. The Bertz CT molecular complexity index is 1010. The summed E-state index contributed by atoms with van der Waals surface area (Å²) in [7, 11) is 0. The van der Waals surface area contributed by atoms with Crippen LogP contribution in [0, 0.1) is 0 Å². The third-order valence-electron chi connectivity index (χ3n) is 3.87. The van der Waals surface area contributed by atoms with Gasteiger partial charge in [-0.25, -0.2) is 9.97 Å². The summed E-state index contributed by atoms with van der Waals surface area (Å²) in [5.41, 5.74) is 3.48. The van der Waals surface area contributed by atoms with Crippen LogP contribution >= 0.6 is 11.3 Å². The highest BCUT2D eigenvalue weighted by molar-refractivity contribution is 7.13. The van der Waals surface area contributed by atoms with Gasteiger partial charge in [0.1, 0.15) is 16.5 Å². The molecule has 2 aromatic carbocycles.